The van der Waals surface area contributed by atoms with Gasteiger partial charge in [-0.05, 0) is 12.1 Å². The molecule has 0 atom stereocenters. The highest BCUT2D eigenvalue weighted by atomic mass is 35.5. The largest absolute Gasteiger partial charge is 0.484 e. The van der Waals surface area contributed by atoms with Crippen LogP contribution >= 0.6 is 11.6 Å². The molecule has 3 rings (SSSR count). The lowest BCUT2D eigenvalue weighted by molar-refractivity contribution is -0.386. The highest BCUT2D eigenvalue weighted by Crippen LogP contribution is 2.33. The van der Waals surface area contributed by atoms with Crippen LogP contribution in [-0.4, -0.2) is 39.8 Å². The Labute approximate surface area is 140 Å². The third kappa shape index (κ3) is 2.67. The molecule has 0 saturated heterocycles. The van der Waals surface area contributed by atoms with E-state index in [2.05, 4.69) is 4.98 Å². The molecule has 0 bridgehead atoms. The predicted molar refractivity (Wildman–Crippen MR) is 83.2 cm³/mol. The van der Waals surface area contributed by atoms with E-state index in [9.17, 15) is 19.7 Å². The average molecular weight is 348 g/mol. The van der Waals surface area contributed by atoms with Crippen LogP contribution in [0.5, 0.6) is 5.75 Å². The van der Waals surface area contributed by atoms with Crippen molar-refractivity contribution >= 4 is 29.1 Å². The normalized spacial score (nSPS) is 13.1. The van der Waals surface area contributed by atoms with Crippen molar-refractivity contribution < 1.29 is 19.2 Å². The van der Waals surface area contributed by atoms with Gasteiger partial charge >= 0.3 is 5.69 Å². The quantitative estimate of drug-likeness (QED) is 0.467. The van der Waals surface area contributed by atoms with Crippen LogP contribution in [0.2, 0.25) is 5.02 Å². The maximum atomic E-state index is 12.2. The van der Waals surface area contributed by atoms with Gasteiger partial charge in [0.15, 0.2) is 0 Å². The van der Waals surface area contributed by atoms with Gasteiger partial charge in [-0.2, -0.15) is 0 Å². The lowest BCUT2D eigenvalue weighted by atomic mass is 10.1. The predicted octanol–water partition coefficient (Wildman–Crippen LogP) is 2.32. The summed E-state index contributed by atoms with van der Waals surface area (Å²) in [6.07, 6.45) is 2.23. The van der Waals surface area contributed by atoms with Crippen LogP contribution < -0.4 is 4.74 Å². The van der Waals surface area contributed by atoms with Crippen molar-refractivity contribution in [1.29, 1.82) is 0 Å². The minimum absolute atomic E-state index is 0.0217. The molecule has 0 spiro atoms. The van der Waals surface area contributed by atoms with Gasteiger partial charge in [0.1, 0.15) is 17.8 Å². The monoisotopic (exact) mass is 347 g/mol. The van der Waals surface area contributed by atoms with Gasteiger partial charge < -0.3 is 4.74 Å². The maximum Gasteiger partial charge on any atom is 0.330 e. The number of amides is 2. The highest BCUT2D eigenvalue weighted by Gasteiger charge is 2.35. The molecule has 122 valence electrons. The van der Waals surface area contributed by atoms with Crippen LogP contribution in [0.15, 0.2) is 36.7 Å². The fourth-order valence-electron chi connectivity index (χ4n) is 2.37. The van der Waals surface area contributed by atoms with Gasteiger partial charge in [-0.15, -0.1) is 0 Å². The fraction of sp³-hybridized carbons (Fsp3) is 0.133. The van der Waals surface area contributed by atoms with Crippen LogP contribution in [0, 0.1) is 10.1 Å². The number of imide groups is 1. The number of ether oxygens (including phenoxy) is 1. The summed E-state index contributed by atoms with van der Waals surface area (Å²) >= 11 is 5.86. The second kappa shape index (κ2) is 6.25. The SMILES string of the molecule is O=C1c2ccccc2C(=O)N1CCOc1c(Cl)cncc1[N+](=O)[O-]. The summed E-state index contributed by atoms with van der Waals surface area (Å²) < 4.78 is 5.33. The Bertz CT molecular complexity index is 820. The van der Waals surface area contributed by atoms with E-state index in [0.29, 0.717) is 11.1 Å². The number of fused-ring (bicyclic) bond motifs is 1. The molecule has 0 unspecified atom stereocenters. The van der Waals surface area contributed by atoms with E-state index in [-0.39, 0.29) is 29.6 Å². The van der Waals surface area contributed by atoms with Gasteiger partial charge in [-0.1, -0.05) is 23.7 Å². The molecule has 0 radical (unpaired) electrons. The topological polar surface area (TPSA) is 103 Å². The Hall–Kier alpha value is -3.00. The van der Waals surface area contributed by atoms with Crippen molar-refractivity contribution in [2.24, 2.45) is 0 Å². The van der Waals surface area contributed by atoms with Crippen LogP contribution in [0.4, 0.5) is 5.69 Å². The first-order valence-corrected chi connectivity index (χ1v) is 7.24. The third-order valence-electron chi connectivity index (χ3n) is 3.47. The van der Waals surface area contributed by atoms with Crippen molar-refractivity contribution in [2.45, 2.75) is 0 Å². The summed E-state index contributed by atoms with van der Waals surface area (Å²) in [6.45, 7) is -0.182. The number of benzene rings is 1. The van der Waals surface area contributed by atoms with Gasteiger partial charge in [0.05, 0.1) is 22.6 Å². The zero-order valence-corrected chi connectivity index (χ0v) is 12.9. The molecule has 1 aliphatic heterocycles. The maximum absolute atomic E-state index is 12.2. The van der Waals surface area contributed by atoms with E-state index in [0.717, 1.165) is 11.1 Å². The molecule has 0 fully saturated rings. The summed E-state index contributed by atoms with van der Waals surface area (Å²) in [5.74, 6) is -0.989. The zero-order valence-electron chi connectivity index (χ0n) is 12.1. The molecular formula is C15H10ClN3O5. The molecule has 2 amide bonds. The number of rotatable bonds is 5. The number of carbonyl (C=O) groups excluding carboxylic acids is 2. The minimum Gasteiger partial charge on any atom is -0.484 e. The summed E-state index contributed by atoms with van der Waals surface area (Å²) in [5.41, 5.74) is 0.274. The first-order chi connectivity index (χ1) is 11.5. The molecule has 1 aromatic carbocycles. The molecule has 0 N–H and O–H groups in total. The second-order valence-corrected chi connectivity index (χ2v) is 5.29. The van der Waals surface area contributed by atoms with Gasteiger partial charge in [-0.25, -0.2) is 0 Å². The Morgan fingerprint density at radius 3 is 2.38 bits per heavy atom. The van der Waals surface area contributed by atoms with E-state index in [1.54, 1.807) is 24.3 Å². The second-order valence-electron chi connectivity index (χ2n) is 4.88. The number of aromatic nitrogens is 1. The summed E-state index contributed by atoms with van der Waals surface area (Å²) in [4.78, 5) is 39.3. The van der Waals surface area contributed by atoms with Gasteiger partial charge in [0.2, 0.25) is 5.75 Å². The molecule has 24 heavy (non-hydrogen) atoms. The lowest BCUT2D eigenvalue weighted by Gasteiger charge is -2.14. The lowest BCUT2D eigenvalue weighted by Crippen LogP contribution is -2.33. The highest BCUT2D eigenvalue weighted by molar-refractivity contribution is 6.32. The molecule has 1 aromatic heterocycles. The molecule has 2 heterocycles. The number of hydrogen-bond acceptors (Lipinski definition) is 6. The average Bonchev–Trinajstić information content (AvgIpc) is 2.81. The van der Waals surface area contributed by atoms with Crippen LogP contribution in [0.3, 0.4) is 0 Å². The molecule has 9 heteroatoms. The molecule has 0 aliphatic carbocycles. The summed E-state index contributed by atoms with van der Waals surface area (Å²) in [6, 6.07) is 6.48. The number of hydrogen-bond donors (Lipinski definition) is 0. The fourth-order valence-corrected chi connectivity index (χ4v) is 2.57. The van der Waals surface area contributed by atoms with Crippen LogP contribution in [-0.2, 0) is 0 Å². The molecule has 0 saturated carbocycles. The van der Waals surface area contributed by atoms with Gasteiger partial charge in [0, 0.05) is 6.20 Å². The van der Waals surface area contributed by atoms with Crippen LogP contribution in [0.1, 0.15) is 20.7 Å². The van der Waals surface area contributed by atoms with E-state index < -0.39 is 16.7 Å². The van der Waals surface area contributed by atoms with Crippen molar-refractivity contribution in [2.75, 3.05) is 13.2 Å². The van der Waals surface area contributed by atoms with Crippen LogP contribution in [0.25, 0.3) is 0 Å². The van der Waals surface area contributed by atoms with E-state index in [1.165, 1.54) is 6.20 Å². The Morgan fingerprint density at radius 1 is 1.17 bits per heavy atom. The third-order valence-corrected chi connectivity index (χ3v) is 3.74. The number of nitrogens with zero attached hydrogens (tertiary/aromatic N) is 3. The summed E-state index contributed by atoms with van der Waals surface area (Å²) in [7, 11) is 0. The molecule has 2 aromatic rings. The van der Waals surface area contributed by atoms with E-state index in [1.807, 2.05) is 0 Å². The Balaban J connectivity index is 1.72. The first-order valence-electron chi connectivity index (χ1n) is 6.86. The molecular weight excluding hydrogens is 338 g/mol. The van der Waals surface area contributed by atoms with E-state index in [4.69, 9.17) is 16.3 Å². The molecule has 1 aliphatic rings. The number of nitro groups is 1. The first kappa shape index (κ1) is 15.9. The zero-order chi connectivity index (χ0) is 17.3. The minimum atomic E-state index is -0.670. The van der Waals surface area contributed by atoms with Crippen molar-refractivity contribution in [3.63, 3.8) is 0 Å². The van der Waals surface area contributed by atoms with Crippen molar-refractivity contribution in [3.8, 4) is 5.75 Å². The number of carbonyl (C=O) groups is 2. The van der Waals surface area contributed by atoms with Gasteiger partial charge in [-0.3, -0.25) is 29.6 Å². The van der Waals surface area contributed by atoms with E-state index >= 15 is 0 Å². The van der Waals surface area contributed by atoms with Gasteiger partial charge in [0.25, 0.3) is 11.8 Å². The standard InChI is InChI=1S/C15H10ClN3O5/c16-11-7-17-8-12(19(22)23)13(11)24-6-5-18-14(20)9-3-1-2-4-10(9)15(18)21/h1-4,7-8H,5-6H2. The van der Waals surface area contributed by atoms with Crippen molar-refractivity contribution in [3.05, 3.63) is 62.9 Å². The number of pyridine rings is 1. The Morgan fingerprint density at radius 2 is 1.79 bits per heavy atom. The Kier molecular flexibility index (Phi) is 4.13. The molecule has 8 nitrogen and oxygen atoms in total. The smallest absolute Gasteiger partial charge is 0.330 e. The summed E-state index contributed by atoms with van der Waals surface area (Å²) in [5, 5.41) is 10.9. The number of halogens is 1. The van der Waals surface area contributed by atoms with Crippen molar-refractivity contribution in [1.82, 2.24) is 9.88 Å².